The maximum atomic E-state index is 13.7. The molecule has 9 nitrogen and oxygen atoms in total. The molecule has 194 valence electrons. The zero-order valence-electron chi connectivity index (χ0n) is 19.4. The molecule has 2 aromatic carbocycles. The van der Waals surface area contributed by atoms with Crippen molar-refractivity contribution in [1.29, 1.82) is 0 Å². The van der Waals surface area contributed by atoms with E-state index in [0.717, 1.165) is 4.31 Å². The van der Waals surface area contributed by atoms with E-state index in [1.54, 1.807) is 12.1 Å². The van der Waals surface area contributed by atoms with E-state index in [1.807, 2.05) is 0 Å². The average molecular weight is 583 g/mol. The number of fused-ring (bicyclic) bond motifs is 1. The lowest BCUT2D eigenvalue weighted by atomic mass is 10.0. The minimum atomic E-state index is -4.13. The largest absolute Gasteiger partial charge is 0.350 e. The van der Waals surface area contributed by atoms with Crippen LogP contribution >= 0.6 is 34.8 Å². The predicted molar refractivity (Wildman–Crippen MR) is 144 cm³/mol. The van der Waals surface area contributed by atoms with Gasteiger partial charge < -0.3 is 16.4 Å². The first kappa shape index (κ1) is 27.2. The Morgan fingerprint density at radius 2 is 1.78 bits per heavy atom. The van der Waals surface area contributed by atoms with Crippen molar-refractivity contribution in [3.8, 4) is 0 Å². The van der Waals surface area contributed by atoms with Gasteiger partial charge in [0.1, 0.15) is 0 Å². The molecule has 0 saturated heterocycles. The minimum Gasteiger partial charge on any atom is -0.350 e. The number of nitrogens with one attached hydrogen (secondary N) is 2. The molecular weight excluding hydrogens is 561 g/mol. The Morgan fingerprint density at radius 3 is 2.43 bits per heavy atom. The van der Waals surface area contributed by atoms with Crippen molar-refractivity contribution in [3.63, 3.8) is 0 Å². The number of rotatable bonds is 6. The third-order valence-electron chi connectivity index (χ3n) is 5.63. The maximum Gasteiger partial charge on any atom is 0.264 e. The molecule has 0 spiro atoms. The lowest BCUT2D eigenvalue weighted by molar-refractivity contribution is -0.122. The Bertz CT molecular complexity index is 1460. The number of nitrogens with zero attached hydrogens (tertiary/aromatic N) is 2. The van der Waals surface area contributed by atoms with Gasteiger partial charge in [0.2, 0.25) is 5.91 Å². The van der Waals surface area contributed by atoms with Gasteiger partial charge in [0, 0.05) is 11.4 Å². The van der Waals surface area contributed by atoms with Crippen LogP contribution < -0.4 is 20.7 Å². The zero-order chi connectivity index (χ0) is 26.9. The Kier molecular flexibility index (Phi) is 7.96. The summed E-state index contributed by atoms with van der Waals surface area (Å²) in [5.74, 6) is -1.01. The standard InChI is InChI=1S/C24H22Cl3N5O4S/c1-13(28)23(33)31-16-9-20-21(32(12-16)37(35,36)17-5-2-4-14(25)8-17)10-15(11-29-20)30-24(34)22-18(26)6-3-7-19(22)27/h2-8,10-11,13,16H,9,12,28H2,1H3,(H,30,34)(H,31,33)/t13-,16-/m1/s1. The van der Waals surface area contributed by atoms with Crippen LogP contribution in [-0.4, -0.2) is 43.8 Å². The second-order valence-electron chi connectivity index (χ2n) is 8.43. The number of halogens is 3. The summed E-state index contributed by atoms with van der Waals surface area (Å²) in [6.07, 6.45) is 1.64. The van der Waals surface area contributed by atoms with Crippen molar-refractivity contribution in [2.75, 3.05) is 16.2 Å². The first-order valence-electron chi connectivity index (χ1n) is 11.1. The second kappa shape index (κ2) is 10.8. The van der Waals surface area contributed by atoms with Gasteiger partial charge in [-0.05, 0) is 43.3 Å². The van der Waals surface area contributed by atoms with Gasteiger partial charge in [-0.3, -0.25) is 18.9 Å². The summed E-state index contributed by atoms with van der Waals surface area (Å²) in [6.45, 7) is 1.45. The molecule has 0 unspecified atom stereocenters. The molecule has 2 heterocycles. The minimum absolute atomic E-state index is 0.0394. The second-order valence-corrected chi connectivity index (χ2v) is 11.5. The number of anilines is 2. The van der Waals surface area contributed by atoms with E-state index in [-0.39, 0.29) is 49.9 Å². The first-order chi connectivity index (χ1) is 17.5. The van der Waals surface area contributed by atoms with Crippen molar-refractivity contribution in [3.05, 3.63) is 81.1 Å². The molecule has 1 aliphatic heterocycles. The molecule has 0 aliphatic carbocycles. The number of aromatic nitrogens is 1. The van der Waals surface area contributed by atoms with Gasteiger partial charge in [0.25, 0.3) is 15.9 Å². The van der Waals surface area contributed by atoms with Crippen LogP contribution in [0, 0.1) is 0 Å². The molecular formula is C24H22Cl3N5O4S. The van der Waals surface area contributed by atoms with Crippen LogP contribution in [0.4, 0.5) is 11.4 Å². The van der Waals surface area contributed by atoms with Crippen molar-refractivity contribution < 1.29 is 18.0 Å². The molecule has 37 heavy (non-hydrogen) atoms. The fraction of sp³-hybridized carbons (Fsp3) is 0.208. The zero-order valence-corrected chi connectivity index (χ0v) is 22.5. The van der Waals surface area contributed by atoms with Gasteiger partial charge in [0.05, 0.1) is 62.4 Å². The van der Waals surface area contributed by atoms with E-state index in [2.05, 4.69) is 15.6 Å². The quantitative estimate of drug-likeness (QED) is 0.404. The third-order valence-corrected chi connectivity index (χ3v) is 8.27. The van der Waals surface area contributed by atoms with Crippen LogP contribution in [0.1, 0.15) is 23.0 Å². The Morgan fingerprint density at radius 1 is 1.11 bits per heavy atom. The Hall–Kier alpha value is -2.89. The van der Waals surface area contributed by atoms with Crippen LogP contribution in [0.2, 0.25) is 15.1 Å². The molecule has 0 radical (unpaired) electrons. The van der Waals surface area contributed by atoms with Crippen molar-refractivity contribution in [2.24, 2.45) is 5.73 Å². The van der Waals surface area contributed by atoms with Gasteiger partial charge in [-0.1, -0.05) is 46.9 Å². The van der Waals surface area contributed by atoms with Crippen LogP contribution in [0.25, 0.3) is 0 Å². The number of hydrogen-bond acceptors (Lipinski definition) is 6. The summed E-state index contributed by atoms with van der Waals surface area (Å²) in [7, 11) is -4.13. The number of amides is 2. The highest BCUT2D eigenvalue weighted by Gasteiger charge is 2.35. The maximum absolute atomic E-state index is 13.7. The summed E-state index contributed by atoms with van der Waals surface area (Å²) in [4.78, 5) is 29.5. The van der Waals surface area contributed by atoms with Crippen LogP contribution in [0.15, 0.2) is 59.6 Å². The fourth-order valence-electron chi connectivity index (χ4n) is 3.84. The molecule has 2 amide bonds. The number of pyridine rings is 1. The molecule has 3 aromatic rings. The van der Waals surface area contributed by atoms with E-state index in [4.69, 9.17) is 40.5 Å². The normalized spacial score (nSPS) is 16.0. The fourth-order valence-corrected chi connectivity index (χ4v) is 6.24. The average Bonchev–Trinajstić information content (AvgIpc) is 2.83. The van der Waals surface area contributed by atoms with E-state index in [0.29, 0.717) is 5.69 Å². The third kappa shape index (κ3) is 5.83. The van der Waals surface area contributed by atoms with E-state index >= 15 is 0 Å². The molecule has 13 heteroatoms. The molecule has 0 bridgehead atoms. The predicted octanol–water partition coefficient (Wildman–Crippen LogP) is 3.88. The highest BCUT2D eigenvalue weighted by molar-refractivity contribution is 7.92. The van der Waals surface area contributed by atoms with E-state index in [1.165, 1.54) is 49.5 Å². The Labute approximate surface area is 229 Å². The molecule has 1 aliphatic rings. The number of nitrogens with two attached hydrogens (primary N) is 1. The van der Waals surface area contributed by atoms with E-state index < -0.39 is 33.9 Å². The van der Waals surface area contributed by atoms with Crippen LogP contribution in [0.5, 0.6) is 0 Å². The molecule has 2 atom stereocenters. The summed E-state index contributed by atoms with van der Waals surface area (Å²) in [5, 5.41) is 6.01. The van der Waals surface area contributed by atoms with Gasteiger partial charge in [-0.2, -0.15) is 0 Å². The topological polar surface area (TPSA) is 134 Å². The molecule has 4 rings (SSSR count). The lowest BCUT2D eigenvalue weighted by Gasteiger charge is -2.35. The summed E-state index contributed by atoms with van der Waals surface area (Å²) < 4.78 is 28.5. The SMILES string of the molecule is C[C@@H](N)C(=O)N[C@@H]1Cc2ncc(NC(=O)c3c(Cl)cccc3Cl)cc2N(S(=O)(=O)c2cccc(Cl)c2)C1. The number of carbonyl (C=O) groups excluding carboxylic acids is 2. The summed E-state index contributed by atoms with van der Waals surface area (Å²) in [5.41, 5.74) is 6.63. The molecule has 1 aromatic heterocycles. The first-order valence-corrected chi connectivity index (χ1v) is 13.6. The number of benzene rings is 2. The highest BCUT2D eigenvalue weighted by atomic mass is 35.5. The molecule has 4 N–H and O–H groups in total. The monoisotopic (exact) mass is 581 g/mol. The summed E-state index contributed by atoms with van der Waals surface area (Å²) in [6, 6.07) is 10.6. The smallest absolute Gasteiger partial charge is 0.264 e. The van der Waals surface area contributed by atoms with Gasteiger partial charge in [0.15, 0.2) is 0 Å². The highest BCUT2D eigenvalue weighted by Crippen LogP contribution is 2.34. The van der Waals surface area contributed by atoms with Crippen LogP contribution in [0.3, 0.4) is 0 Å². The summed E-state index contributed by atoms with van der Waals surface area (Å²) >= 11 is 18.3. The van der Waals surface area contributed by atoms with Crippen molar-refractivity contribution in [1.82, 2.24) is 10.3 Å². The van der Waals surface area contributed by atoms with Crippen LogP contribution in [-0.2, 0) is 21.2 Å². The number of hydrogen-bond donors (Lipinski definition) is 3. The number of sulfonamides is 1. The lowest BCUT2D eigenvalue weighted by Crippen LogP contribution is -2.53. The van der Waals surface area contributed by atoms with E-state index in [9.17, 15) is 18.0 Å². The van der Waals surface area contributed by atoms with Gasteiger partial charge in [-0.25, -0.2) is 8.42 Å². The van der Waals surface area contributed by atoms with Crippen molar-refractivity contribution >= 4 is 68.0 Å². The van der Waals surface area contributed by atoms with Gasteiger partial charge in [-0.15, -0.1) is 0 Å². The Balaban J connectivity index is 1.73. The molecule has 0 fully saturated rings. The molecule has 0 saturated carbocycles. The van der Waals surface area contributed by atoms with Gasteiger partial charge >= 0.3 is 0 Å². The number of carbonyl (C=O) groups is 2. The van der Waals surface area contributed by atoms with Crippen molar-refractivity contribution in [2.45, 2.75) is 30.3 Å².